The second kappa shape index (κ2) is 4.70. The van der Waals surface area contributed by atoms with E-state index >= 15 is 0 Å². The first kappa shape index (κ1) is 12.2. The minimum Gasteiger partial charge on any atom is -0.494 e. The van der Waals surface area contributed by atoms with E-state index < -0.39 is 5.91 Å². The van der Waals surface area contributed by atoms with Crippen LogP contribution in [0.15, 0.2) is 42.5 Å². The minimum atomic E-state index is -0.595. The molecule has 0 aliphatic carbocycles. The van der Waals surface area contributed by atoms with Crippen LogP contribution in [0, 0.1) is 0 Å². The Bertz CT molecular complexity index is 778. The number of methoxy groups -OCH3 is 1. The van der Waals surface area contributed by atoms with Crippen molar-refractivity contribution in [3.63, 3.8) is 0 Å². The number of hydrogen-bond acceptors (Lipinski definition) is 3. The number of aromatic nitrogens is 2. The van der Waals surface area contributed by atoms with Crippen LogP contribution in [-0.2, 0) is 0 Å². The van der Waals surface area contributed by atoms with Crippen molar-refractivity contribution < 1.29 is 9.53 Å². The van der Waals surface area contributed by atoms with Crippen molar-refractivity contribution in [2.45, 2.75) is 0 Å². The minimum absolute atomic E-state index is 0.127. The number of ether oxygens (including phenoxy) is 1. The van der Waals surface area contributed by atoms with Gasteiger partial charge in [0, 0.05) is 5.56 Å². The van der Waals surface area contributed by atoms with Crippen molar-refractivity contribution >= 4 is 16.9 Å². The number of carbonyl (C=O) groups excluding carboxylic acids is 1. The summed E-state index contributed by atoms with van der Waals surface area (Å²) in [5, 5.41) is 0. The Morgan fingerprint density at radius 1 is 1.20 bits per heavy atom. The third kappa shape index (κ3) is 1.89. The third-order valence-electron chi connectivity index (χ3n) is 3.14. The molecule has 0 fully saturated rings. The molecule has 5 heteroatoms. The van der Waals surface area contributed by atoms with Gasteiger partial charge in [0.15, 0.2) is 5.82 Å². The number of nitrogens with two attached hydrogens (primary N) is 1. The predicted octanol–water partition coefficient (Wildman–Crippen LogP) is 2.34. The number of imidazole rings is 1. The van der Waals surface area contributed by atoms with Gasteiger partial charge in [0.2, 0.25) is 0 Å². The Morgan fingerprint density at radius 2 is 1.95 bits per heavy atom. The lowest BCUT2D eigenvalue weighted by atomic mass is 10.0. The zero-order valence-electron chi connectivity index (χ0n) is 10.9. The largest absolute Gasteiger partial charge is 0.494 e. The van der Waals surface area contributed by atoms with Gasteiger partial charge in [0.25, 0.3) is 5.91 Å². The molecule has 0 bridgehead atoms. The molecule has 0 saturated carbocycles. The third-order valence-corrected chi connectivity index (χ3v) is 3.14. The van der Waals surface area contributed by atoms with E-state index in [4.69, 9.17) is 10.5 Å². The van der Waals surface area contributed by atoms with Crippen molar-refractivity contribution in [2.75, 3.05) is 7.11 Å². The maximum Gasteiger partial charge on any atom is 0.284 e. The lowest BCUT2D eigenvalue weighted by Crippen LogP contribution is -2.12. The van der Waals surface area contributed by atoms with Gasteiger partial charge in [-0.15, -0.1) is 0 Å². The first-order valence-corrected chi connectivity index (χ1v) is 6.12. The molecule has 100 valence electrons. The van der Waals surface area contributed by atoms with Crippen molar-refractivity contribution in [1.29, 1.82) is 0 Å². The van der Waals surface area contributed by atoms with Gasteiger partial charge in [-0.05, 0) is 17.7 Å². The highest BCUT2D eigenvalue weighted by atomic mass is 16.5. The van der Waals surface area contributed by atoms with Crippen LogP contribution in [0.2, 0.25) is 0 Å². The molecule has 1 amide bonds. The molecule has 0 atom stereocenters. The summed E-state index contributed by atoms with van der Waals surface area (Å²) in [5.41, 5.74) is 8.56. The van der Waals surface area contributed by atoms with Gasteiger partial charge in [-0.1, -0.05) is 30.3 Å². The van der Waals surface area contributed by atoms with Gasteiger partial charge >= 0.3 is 0 Å². The average Bonchev–Trinajstić information content (AvgIpc) is 2.92. The summed E-state index contributed by atoms with van der Waals surface area (Å²) < 4.78 is 5.29. The first-order valence-electron chi connectivity index (χ1n) is 6.12. The maximum absolute atomic E-state index is 11.3. The van der Waals surface area contributed by atoms with Crippen LogP contribution in [0.5, 0.6) is 5.75 Å². The van der Waals surface area contributed by atoms with Crippen molar-refractivity contribution in [1.82, 2.24) is 9.97 Å². The van der Waals surface area contributed by atoms with Crippen LogP contribution in [0.3, 0.4) is 0 Å². The number of hydrogen-bond donors (Lipinski definition) is 2. The van der Waals surface area contributed by atoms with Crippen molar-refractivity contribution in [3.8, 4) is 16.9 Å². The van der Waals surface area contributed by atoms with Crippen LogP contribution in [0.25, 0.3) is 22.2 Å². The molecule has 2 aromatic carbocycles. The lowest BCUT2D eigenvalue weighted by Gasteiger charge is -2.06. The van der Waals surface area contributed by atoms with Crippen molar-refractivity contribution in [2.24, 2.45) is 5.73 Å². The van der Waals surface area contributed by atoms with E-state index in [2.05, 4.69) is 9.97 Å². The highest BCUT2D eigenvalue weighted by Crippen LogP contribution is 2.32. The summed E-state index contributed by atoms with van der Waals surface area (Å²) in [6.07, 6.45) is 0. The zero-order chi connectivity index (χ0) is 14.1. The smallest absolute Gasteiger partial charge is 0.284 e. The van der Waals surface area contributed by atoms with E-state index in [-0.39, 0.29) is 5.82 Å². The standard InChI is InChI=1S/C15H13N3O2/c1-20-11-8-7-10(9-5-3-2-4-6-9)12-13(11)18-15(17-12)14(16)19/h2-8H,1H3,(H2,16,19)(H,17,18). The number of aromatic amines is 1. The Morgan fingerprint density at radius 3 is 2.60 bits per heavy atom. The highest BCUT2D eigenvalue weighted by Gasteiger charge is 2.15. The summed E-state index contributed by atoms with van der Waals surface area (Å²) >= 11 is 0. The van der Waals surface area contributed by atoms with Gasteiger partial charge in [-0.2, -0.15) is 0 Å². The van der Waals surface area contributed by atoms with E-state index in [0.29, 0.717) is 16.8 Å². The fraction of sp³-hybridized carbons (Fsp3) is 0.0667. The number of benzene rings is 2. The lowest BCUT2D eigenvalue weighted by molar-refractivity contribution is 0.0991. The summed E-state index contributed by atoms with van der Waals surface area (Å²) in [4.78, 5) is 18.5. The van der Waals surface area contributed by atoms with Gasteiger partial charge in [-0.3, -0.25) is 4.79 Å². The Balaban J connectivity index is 2.31. The summed E-state index contributed by atoms with van der Waals surface area (Å²) in [7, 11) is 1.57. The first-order chi connectivity index (χ1) is 9.70. The summed E-state index contributed by atoms with van der Waals surface area (Å²) in [5.74, 6) is 0.156. The molecule has 0 radical (unpaired) electrons. The van der Waals surface area contributed by atoms with Gasteiger partial charge < -0.3 is 15.5 Å². The fourth-order valence-electron chi connectivity index (χ4n) is 2.21. The topological polar surface area (TPSA) is 81.0 Å². The molecule has 0 aliphatic heterocycles. The number of carbonyl (C=O) groups is 1. The second-order valence-corrected chi connectivity index (χ2v) is 4.35. The van der Waals surface area contributed by atoms with E-state index in [1.165, 1.54) is 0 Å². The van der Waals surface area contributed by atoms with Gasteiger partial charge in [0.05, 0.1) is 7.11 Å². The Kier molecular flexibility index (Phi) is 2.87. The zero-order valence-corrected chi connectivity index (χ0v) is 10.9. The predicted molar refractivity (Wildman–Crippen MR) is 76.6 cm³/mol. The average molecular weight is 267 g/mol. The van der Waals surface area contributed by atoms with Crippen LogP contribution in [0.4, 0.5) is 0 Å². The fourth-order valence-corrected chi connectivity index (χ4v) is 2.21. The molecule has 0 unspecified atom stereocenters. The number of amides is 1. The van der Waals surface area contributed by atoms with E-state index in [9.17, 15) is 4.79 Å². The number of fused-ring (bicyclic) bond motifs is 1. The molecule has 20 heavy (non-hydrogen) atoms. The monoisotopic (exact) mass is 267 g/mol. The summed E-state index contributed by atoms with van der Waals surface area (Å²) in [6, 6.07) is 13.6. The molecule has 3 N–H and O–H groups in total. The molecule has 0 saturated heterocycles. The van der Waals surface area contributed by atoms with E-state index in [0.717, 1.165) is 11.1 Å². The Hall–Kier alpha value is -2.82. The van der Waals surface area contributed by atoms with E-state index in [1.54, 1.807) is 7.11 Å². The number of H-pyrrole nitrogens is 1. The van der Waals surface area contributed by atoms with Crippen LogP contribution >= 0.6 is 0 Å². The molecular weight excluding hydrogens is 254 g/mol. The molecule has 3 rings (SSSR count). The molecule has 5 nitrogen and oxygen atoms in total. The quantitative estimate of drug-likeness (QED) is 0.764. The Labute approximate surface area is 115 Å². The number of nitrogens with one attached hydrogen (secondary N) is 1. The molecule has 1 heterocycles. The van der Waals surface area contributed by atoms with Gasteiger partial charge in [0.1, 0.15) is 16.8 Å². The number of nitrogens with zero attached hydrogens (tertiary/aromatic N) is 1. The molecule has 1 aromatic heterocycles. The van der Waals surface area contributed by atoms with Crippen LogP contribution in [-0.4, -0.2) is 23.0 Å². The molecule has 0 spiro atoms. The highest BCUT2D eigenvalue weighted by molar-refractivity contribution is 6.00. The van der Waals surface area contributed by atoms with Crippen LogP contribution in [0.1, 0.15) is 10.6 Å². The SMILES string of the molecule is COc1ccc(-c2ccccc2)c2nc(C(N)=O)[nH]c12. The molecule has 3 aromatic rings. The van der Waals surface area contributed by atoms with Gasteiger partial charge in [-0.25, -0.2) is 4.98 Å². The van der Waals surface area contributed by atoms with Crippen molar-refractivity contribution in [3.05, 3.63) is 48.3 Å². The second-order valence-electron chi connectivity index (χ2n) is 4.35. The van der Waals surface area contributed by atoms with Crippen LogP contribution < -0.4 is 10.5 Å². The number of primary amides is 1. The molecular formula is C15H13N3O2. The normalized spacial score (nSPS) is 10.7. The van der Waals surface area contributed by atoms with E-state index in [1.807, 2.05) is 42.5 Å². The number of rotatable bonds is 3. The summed E-state index contributed by atoms with van der Waals surface area (Å²) in [6.45, 7) is 0. The molecule has 0 aliphatic rings. The maximum atomic E-state index is 11.3.